The molecule has 3 heterocycles. The highest BCUT2D eigenvalue weighted by Gasteiger charge is 2.29. The summed E-state index contributed by atoms with van der Waals surface area (Å²) in [5.74, 6) is 2.60. The number of nitrogens with zero attached hydrogens (tertiary/aromatic N) is 5. The fraction of sp³-hybridized carbons (Fsp3) is 0.286. The molecular weight excluding hydrogens is 254 g/mol. The minimum Gasteiger partial charge on any atom is -0.334 e. The number of rotatable bonds is 3. The summed E-state index contributed by atoms with van der Waals surface area (Å²) in [6.45, 7) is 1.97. The lowest BCUT2D eigenvalue weighted by atomic mass is 10.2. The van der Waals surface area contributed by atoms with Gasteiger partial charge in [0.25, 0.3) is 5.89 Å². The van der Waals surface area contributed by atoms with Crippen molar-refractivity contribution >= 4 is 0 Å². The van der Waals surface area contributed by atoms with Gasteiger partial charge in [0.15, 0.2) is 11.6 Å². The van der Waals surface area contributed by atoms with Gasteiger partial charge in [-0.05, 0) is 31.9 Å². The molecule has 6 nitrogen and oxygen atoms in total. The third-order valence-electron chi connectivity index (χ3n) is 3.49. The first-order chi connectivity index (χ1) is 9.83. The molecule has 0 saturated heterocycles. The quantitative estimate of drug-likeness (QED) is 0.729. The lowest BCUT2D eigenvalue weighted by Crippen LogP contribution is -2.00. The summed E-state index contributed by atoms with van der Waals surface area (Å²) in [7, 11) is 0. The summed E-state index contributed by atoms with van der Waals surface area (Å²) in [6, 6.07) is 5.72. The van der Waals surface area contributed by atoms with E-state index in [9.17, 15) is 0 Å². The van der Waals surface area contributed by atoms with Gasteiger partial charge in [-0.3, -0.25) is 0 Å². The van der Waals surface area contributed by atoms with Crippen LogP contribution < -0.4 is 0 Å². The van der Waals surface area contributed by atoms with Gasteiger partial charge in [0.2, 0.25) is 0 Å². The highest BCUT2D eigenvalue weighted by Crippen LogP contribution is 2.39. The smallest absolute Gasteiger partial charge is 0.261 e. The van der Waals surface area contributed by atoms with Gasteiger partial charge in [-0.1, -0.05) is 11.2 Å². The molecule has 0 spiro atoms. The van der Waals surface area contributed by atoms with Crippen LogP contribution in [0, 0.1) is 6.92 Å². The molecule has 4 rings (SSSR count). The Morgan fingerprint density at radius 3 is 2.95 bits per heavy atom. The topological polar surface area (TPSA) is 69.6 Å². The standard InChI is InChI=1S/C14H13N5O/c1-9-11(14-17-13(18-20-14)10-5-6-10)8-16-19(9)12-4-2-3-7-15-12/h2-4,7-8,10H,5-6H2,1H3. The predicted molar refractivity (Wildman–Crippen MR) is 71.4 cm³/mol. The molecule has 1 saturated carbocycles. The summed E-state index contributed by atoms with van der Waals surface area (Å²) in [5, 5.41) is 8.40. The van der Waals surface area contributed by atoms with Gasteiger partial charge in [0.1, 0.15) is 0 Å². The first-order valence-electron chi connectivity index (χ1n) is 6.63. The van der Waals surface area contributed by atoms with Crippen molar-refractivity contribution in [3.8, 4) is 17.3 Å². The van der Waals surface area contributed by atoms with Crippen molar-refractivity contribution in [3.05, 3.63) is 42.1 Å². The van der Waals surface area contributed by atoms with E-state index in [1.54, 1.807) is 17.1 Å². The van der Waals surface area contributed by atoms with E-state index in [0.717, 1.165) is 35.7 Å². The molecule has 1 fully saturated rings. The Morgan fingerprint density at radius 2 is 2.20 bits per heavy atom. The molecule has 0 aliphatic heterocycles. The molecule has 1 aliphatic carbocycles. The SMILES string of the molecule is Cc1c(-c2nc(C3CC3)no2)cnn1-c1ccccn1. The van der Waals surface area contributed by atoms with E-state index in [1.165, 1.54) is 0 Å². The van der Waals surface area contributed by atoms with Crippen LogP contribution in [0.1, 0.15) is 30.3 Å². The predicted octanol–water partition coefficient (Wildman–Crippen LogP) is 2.50. The van der Waals surface area contributed by atoms with Crippen molar-refractivity contribution < 1.29 is 4.52 Å². The van der Waals surface area contributed by atoms with Crippen LogP contribution in [0.4, 0.5) is 0 Å². The molecule has 0 radical (unpaired) electrons. The molecule has 3 aromatic heterocycles. The van der Waals surface area contributed by atoms with E-state index in [1.807, 2.05) is 25.1 Å². The number of hydrogen-bond donors (Lipinski definition) is 0. The van der Waals surface area contributed by atoms with Gasteiger partial charge < -0.3 is 4.52 Å². The van der Waals surface area contributed by atoms with E-state index < -0.39 is 0 Å². The summed E-state index contributed by atoms with van der Waals surface area (Å²) < 4.78 is 7.12. The monoisotopic (exact) mass is 267 g/mol. The van der Waals surface area contributed by atoms with Gasteiger partial charge in [-0.25, -0.2) is 9.67 Å². The molecule has 1 aliphatic rings. The maximum Gasteiger partial charge on any atom is 0.261 e. The van der Waals surface area contributed by atoms with E-state index in [0.29, 0.717) is 11.8 Å². The van der Waals surface area contributed by atoms with E-state index in [2.05, 4.69) is 20.2 Å². The van der Waals surface area contributed by atoms with Gasteiger partial charge in [0.05, 0.1) is 17.5 Å². The maximum absolute atomic E-state index is 5.35. The largest absolute Gasteiger partial charge is 0.334 e. The molecule has 3 aromatic rings. The summed E-state index contributed by atoms with van der Waals surface area (Å²) in [6.07, 6.45) is 5.80. The normalized spacial score (nSPS) is 14.7. The number of aromatic nitrogens is 5. The fourth-order valence-corrected chi connectivity index (χ4v) is 2.18. The van der Waals surface area contributed by atoms with Crippen molar-refractivity contribution in [1.29, 1.82) is 0 Å². The van der Waals surface area contributed by atoms with Crippen molar-refractivity contribution in [2.24, 2.45) is 0 Å². The Bertz CT molecular complexity index is 742. The maximum atomic E-state index is 5.35. The fourth-order valence-electron chi connectivity index (χ4n) is 2.18. The van der Waals surface area contributed by atoms with E-state index >= 15 is 0 Å². The molecule has 0 atom stereocenters. The molecule has 0 amide bonds. The number of pyridine rings is 1. The van der Waals surface area contributed by atoms with Crippen LogP contribution in [0.3, 0.4) is 0 Å². The first kappa shape index (κ1) is 11.3. The molecule has 0 aromatic carbocycles. The average Bonchev–Trinajstić information content (AvgIpc) is 3.09. The van der Waals surface area contributed by atoms with Crippen LogP contribution in [0.5, 0.6) is 0 Å². The third-order valence-corrected chi connectivity index (χ3v) is 3.49. The Balaban J connectivity index is 1.74. The van der Waals surface area contributed by atoms with Crippen LogP contribution in [0.2, 0.25) is 0 Å². The second kappa shape index (κ2) is 4.26. The van der Waals surface area contributed by atoms with E-state index in [4.69, 9.17) is 4.52 Å². The Hall–Kier alpha value is -2.50. The van der Waals surface area contributed by atoms with Gasteiger partial charge >= 0.3 is 0 Å². The zero-order valence-corrected chi connectivity index (χ0v) is 11.0. The Morgan fingerprint density at radius 1 is 1.30 bits per heavy atom. The van der Waals surface area contributed by atoms with Crippen molar-refractivity contribution in [1.82, 2.24) is 24.9 Å². The van der Waals surface area contributed by atoms with Crippen LogP contribution in [0.15, 0.2) is 35.1 Å². The molecule has 0 unspecified atom stereocenters. The highest BCUT2D eigenvalue weighted by molar-refractivity contribution is 5.56. The van der Waals surface area contributed by atoms with Crippen LogP contribution in [-0.2, 0) is 0 Å². The van der Waals surface area contributed by atoms with Gasteiger partial charge in [-0.2, -0.15) is 10.1 Å². The zero-order chi connectivity index (χ0) is 13.5. The van der Waals surface area contributed by atoms with Crippen LogP contribution >= 0.6 is 0 Å². The minimum absolute atomic E-state index is 0.485. The van der Waals surface area contributed by atoms with Crippen molar-refractivity contribution in [3.63, 3.8) is 0 Å². The second-order valence-electron chi connectivity index (χ2n) is 4.98. The molecule has 0 N–H and O–H groups in total. The lowest BCUT2D eigenvalue weighted by Gasteiger charge is -2.02. The Kier molecular flexibility index (Phi) is 2.42. The van der Waals surface area contributed by atoms with Crippen molar-refractivity contribution in [2.75, 3.05) is 0 Å². The van der Waals surface area contributed by atoms with Crippen LogP contribution in [-0.4, -0.2) is 24.9 Å². The molecule has 100 valence electrons. The zero-order valence-electron chi connectivity index (χ0n) is 11.0. The number of hydrogen-bond acceptors (Lipinski definition) is 5. The molecule has 0 bridgehead atoms. The summed E-state index contributed by atoms with van der Waals surface area (Å²) in [5.41, 5.74) is 1.80. The second-order valence-corrected chi connectivity index (χ2v) is 4.98. The summed E-state index contributed by atoms with van der Waals surface area (Å²) >= 11 is 0. The minimum atomic E-state index is 0.485. The van der Waals surface area contributed by atoms with Gasteiger partial charge in [0, 0.05) is 12.1 Å². The Labute approximate surface area is 115 Å². The van der Waals surface area contributed by atoms with Crippen LogP contribution in [0.25, 0.3) is 17.3 Å². The molecular formula is C14H13N5O. The third kappa shape index (κ3) is 1.80. The van der Waals surface area contributed by atoms with Gasteiger partial charge in [-0.15, -0.1) is 0 Å². The molecule has 6 heteroatoms. The highest BCUT2D eigenvalue weighted by atomic mass is 16.5. The van der Waals surface area contributed by atoms with Crippen molar-refractivity contribution in [2.45, 2.75) is 25.7 Å². The first-order valence-corrected chi connectivity index (χ1v) is 6.63. The van der Waals surface area contributed by atoms with E-state index in [-0.39, 0.29) is 0 Å². The lowest BCUT2D eigenvalue weighted by molar-refractivity contribution is 0.422. The summed E-state index contributed by atoms with van der Waals surface area (Å²) in [4.78, 5) is 8.75. The average molecular weight is 267 g/mol. The molecule has 20 heavy (non-hydrogen) atoms.